The highest BCUT2D eigenvalue weighted by atomic mass is 35.5. The van der Waals surface area contributed by atoms with Crippen LogP contribution >= 0.6 is 11.6 Å². The molecule has 1 amide bonds. The Labute approximate surface area is 164 Å². The van der Waals surface area contributed by atoms with Gasteiger partial charge in [0.25, 0.3) is 5.91 Å². The molecule has 2 aromatic rings. The predicted molar refractivity (Wildman–Crippen MR) is 104 cm³/mol. The minimum atomic E-state index is -3.43. The molecule has 1 N–H and O–H groups in total. The molecule has 0 aromatic heterocycles. The van der Waals surface area contributed by atoms with Crippen molar-refractivity contribution < 1.29 is 17.9 Å². The Kier molecular flexibility index (Phi) is 6.49. The van der Waals surface area contributed by atoms with Crippen molar-refractivity contribution in [2.45, 2.75) is 12.3 Å². The molecule has 0 aliphatic carbocycles. The summed E-state index contributed by atoms with van der Waals surface area (Å²) < 4.78 is 32.0. The number of ether oxygens (including phenoxy) is 1. The van der Waals surface area contributed by atoms with Gasteiger partial charge in [0, 0.05) is 30.2 Å². The summed E-state index contributed by atoms with van der Waals surface area (Å²) in [4.78, 5) is 12.3. The van der Waals surface area contributed by atoms with Crippen LogP contribution in [0.25, 0.3) is 0 Å². The quantitative estimate of drug-likeness (QED) is 0.796. The van der Waals surface area contributed by atoms with E-state index in [2.05, 4.69) is 5.32 Å². The molecule has 1 saturated heterocycles. The highest BCUT2D eigenvalue weighted by Crippen LogP contribution is 2.17. The average Bonchev–Trinajstić information content (AvgIpc) is 2.68. The van der Waals surface area contributed by atoms with Gasteiger partial charge in [-0.1, -0.05) is 35.9 Å². The van der Waals surface area contributed by atoms with E-state index in [0.717, 1.165) is 5.56 Å². The molecule has 1 fully saturated rings. The number of rotatable bonds is 6. The third kappa shape index (κ3) is 5.29. The number of halogens is 1. The number of carbonyl (C=O) groups is 1. The maximum Gasteiger partial charge on any atom is 0.251 e. The lowest BCUT2D eigenvalue weighted by atomic mass is 10.1. The Morgan fingerprint density at radius 2 is 1.67 bits per heavy atom. The molecule has 0 radical (unpaired) electrons. The van der Waals surface area contributed by atoms with Gasteiger partial charge in [-0.05, 0) is 35.4 Å². The maximum absolute atomic E-state index is 12.7. The fourth-order valence-corrected chi connectivity index (χ4v) is 4.55. The van der Waals surface area contributed by atoms with E-state index >= 15 is 0 Å². The molecule has 0 atom stereocenters. The smallest absolute Gasteiger partial charge is 0.251 e. The first-order chi connectivity index (χ1) is 13.0. The summed E-state index contributed by atoms with van der Waals surface area (Å²) in [7, 11) is -3.43. The lowest BCUT2D eigenvalue weighted by molar-refractivity contribution is 0.0729. The van der Waals surface area contributed by atoms with Crippen LogP contribution in [-0.4, -0.2) is 44.9 Å². The molecule has 2 aromatic carbocycles. The maximum atomic E-state index is 12.7. The minimum absolute atomic E-state index is 0.0972. The molecule has 0 unspecified atom stereocenters. The van der Waals surface area contributed by atoms with E-state index in [1.165, 1.54) is 4.31 Å². The minimum Gasteiger partial charge on any atom is -0.379 e. The highest BCUT2D eigenvalue weighted by molar-refractivity contribution is 7.88. The van der Waals surface area contributed by atoms with Gasteiger partial charge in [-0.2, -0.15) is 4.31 Å². The van der Waals surface area contributed by atoms with Crippen molar-refractivity contribution in [3.05, 3.63) is 70.2 Å². The summed E-state index contributed by atoms with van der Waals surface area (Å²) >= 11 is 5.84. The average molecular weight is 409 g/mol. The zero-order chi connectivity index (χ0) is 19.3. The number of hydrogen-bond donors (Lipinski definition) is 1. The Morgan fingerprint density at radius 3 is 2.33 bits per heavy atom. The molecule has 27 heavy (non-hydrogen) atoms. The number of amides is 1. The van der Waals surface area contributed by atoms with Crippen molar-refractivity contribution in [2.24, 2.45) is 0 Å². The van der Waals surface area contributed by atoms with E-state index in [9.17, 15) is 13.2 Å². The van der Waals surface area contributed by atoms with Gasteiger partial charge in [-0.3, -0.25) is 4.79 Å². The topological polar surface area (TPSA) is 75.7 Å². The normalized spacial score (nSPS) is 15.4. The van der Waals surface area contributed by atoms with Gasteiger partial charge >= 0.3 is 0 Å². The van der Waals surface area contributed by atoms with E-state index < -0.39 is 10.0 Å². The highest BCUT2D eigenvalue weighted by Gasteiger charge is 2.25. The summed E-state index contributed by atoms with van der Waals surface area (Å²) in [6.45, 7) is 1.82. The SMILES string of the molecule is O=C(NCc1ccccc1CS(=O)(=O)N1CCOCC1)c1ccc(Cl)cc1. The zero-order valence-electron chi connectivity index (χ0n) is 14.7. The number of morpholine rings is 1. The van der Waals surface area contributed by atoms with Crippen molar-refractivity contribution in [2.75, 3.05) is 26.3 Å². The number of nitrogens with one attached hydrogen (secondary N) is 1. The first-order valence-corrected chi connectivity index (χ1v) is 10.6. The summed E-state index contributed by atoms with van der Waals surface area (Å²) in [5.74, 6) is -0.336. The van der Waals surface area contributed by atoms with Gasteiger partial charge < -0.3 is 10.1 Å². The monoisotopic (exact) mass is 408 g/mol. The Morgan fingerprint density at radius 1 is 1.04 bits per heavy atom. The fraction of sp³-hybridized carbons (Fsp3) is 0.316. The van der Waals surface area contributed by atoms with E-state index in [4.69, 9.17) is 16.3 Å². The molecule has 0 bridgehead atoms. The molecular weight excluding hydrogens is 388 g/mol. The Hall–Kier alpha value is -1.93. The third-order valence-electron chi connectivity index (χ3n) is 4.37. The van der Waals surface area contributed by atoms with E-state index in [1.807, 2.05) is 12.1 Å². The molecule has 144 valence electrons. The van der Waals surface area contributed by atoms with Gasteiger partial charge in [-0.25, -0.2) is 8.42 Å². The molecular formula is C19H21ClN2O4S. The Bertz CT molecular complexity index is 894. The summed E-state index contributed by atoms with van der Waals surface area (Å²) in [5, 5.41) is 3.39. The van der Waals surface area contributed by atoms with Crippen LogP contribution < -0.4 is 5.32 Å². The molecule has 0 spiro atoms. The Balaban J connectivity index is 1.68. The van der Waals surface area contributed by atoms with Crippen LogP contribution in [0.1, 0.15) is 21.5 Å². The number of nitrogens with zero attached hydrogens (tertiary/aromatic N) is 1. The standard InChI is InChI=1S/C19H21ClN2O4S/c20-18-7-5-15(6-8-18)19(23)21-13-16-3-1-2-4-17(16)14-27(24,25)22-9-11-26-12-10-22/h1-8H,9-14H2,(H,21,23). The van der Waals surface area contributed by atoms with Crippen molar-refractivity contribution in [1.82, 2.24) is 9.62 Å². The van der Waals surface area contributed by atoms with Crippen molar-refractivity contribution in [3.63, 3.8) is 0 Å². The number of hydrogen-bond acceptors (Lipinski definition) is 4. The van der Waals surface area contributed by atoms with Crippen LogP contribution in [-0.2, 0) is 27.1 Å². The lowest BCUT2D eigenvalue weighted by Gasteiger charge is -2.26. The van der Waals surface area contributed by atoms with Crippen molar-refractivity contribution in [3.8, 4) is 0 Å². The molecule has 1 heterocycles. The lowest BCUT2D eigenvalue weighted by Crippen LogP contribution is -2.41. The number of sulfonamides is 1. The van der Waals surface area contributed by atoms with Crippen LogP contribution in [0.3, 0.4) is 0 Å². The van der Waals surface area contributed by atoms with E-state index in [1.54, 1.807) is 36.4 Å². The van der Waals surface area contributed by atoms with Crippen molar-refractivity contribution in [1.29, 1.82) is 0 Å². The molecule has 1 aliphatic rings. The summed E-state index contributed by atoms with van der Waals surface area (Å²) in [5.41, 5.74) is 1.95. The van der Waals surface area contributed by atoms with Crippen molar-refractivity contribution >= 4 is 27.5 Å². The van der Waals surface area contributed by atoms with Crippen LogP contribution in [0, 0.1) is 0 Å². The van der Waals surface area contributed by atoms with E-state index in [0.29, 0.717) is 42.5 Å². The molecule has 6 nitrogen and oxygen atoms in total. The zero-order valence-corrected chi connectivity index (χ0v) is 16.3. The second-order valence-electron chi connectivity index (χ2n) is 6.23. The molecule has 8 heteroatoms. The van der Waals surface area contributed by atoms with Gasteiger partial charge in [-0.15, -0.1) is 0 Å². The fourth-order valence-electron chi connectivity index (χ4n) is 2.86. The van der Waals surface area contributed by atoms with Crippen LogP contribution in [0.5, 0.6) is 0 Å². The molecule has 1 aliphatic heterocycles. The predicted octanol–water partition coefficient (Wildman–Crippen LogP) is 2.43. The first-order valence-electron chi connectivity index (χ1n) is 8.62. The van der Waals surface area contributed by atoms with Gasteiger partial charge in [0.2, 0.25) is 10.0 Å². The number of benzene rings is 2. The number of carbonyl (C=O) groups excluding carboxylic acids is 1. The summed E-state index contributed by atoms with van der Waals surface area (Å²) in [6, 6.07) is 13.8. The van der Waals surface area contributed by atoms with Gasteiger partial charge in [0.15, 0.2) is 0 Å². The van der Waals surface area contributed by atoms with E-state index in [-0.39, 0.29) is 18.2 Å². The van der Waals surface area contributed by atoms with Crippen LogP contribution in [0.15, 0.2) is 48.5 Å². The second-order valence-corrected chi connectivity index (χ2v) is 8.63. The molecule has 0 saturated carbocycles. The van der Waals surface area contributed by atoms with Crippen LogP contribution in [0.4, 0.5) is 0 Å². The third-order valence-corrected chi connectivity index (χ3v) is 6.45. The summed E-state index contributed by atoms with van der Waals surface area (Å²) in [6.07, 6.45) is 0. The largest absolute Gasteiger partial charge is 0.379 e. The first kappa shape index (κ1) is 19.8. The van der Waals surface area contributed by atoms with Gasteiger partial charge in [0.05, 0.1) is 19.0 Å². The van der Waals surface area contributed by atoms with Gasteiger partial charge in [0.1, 0.15) is 0 Å². The molecule has 3 rings (SSSR count). The second kappa shape index (κ2) is 8.84. The van der Waals surface area contributed by atoms with Crippen LogP contribution in [0.2, 0.25) is 5.02 Å².